The van der Waals surface area contributed by atoms with E-state index in [4.69, 9.17) is 0 Å². The lowest BCUT2D eigenvalue weighted by molar-refractivity contribution is -0.111. The molecule has 2 amide bonds. The molecular weight excluding hydrogens is 434 g/mol. The van der Waals surface area contributed by atoms with Gasteiger partial charge in [0, 0.05) is 30.5 Å². The van der Waals surface area contributed by atoms with Crippen molar-refractivity contribution in [1.82, 2.24) is 5.32 Å². The third-order valence-electron chi connectivity index (χ3n) is 6.51. The smallest absolute Gasteiger partial charge is 0.253 e. The summed E-state index contributed by atoms with van der Waals surface area (Å²) in [6, 6.07) is 25.1. The number of amides is 2. The minimum atomic E-state index is -0.239. The molecule has 1 fully saturated rings. The quantitative estimate of drug-likeness (QED) is 0.415. The highest BCUT2D eigenvalue weighted by Gasteiger charge is 2.23. The zero-order chi connectivity index (χ0) is 24.6. The van der Waals surface area contributed by atoms with Gasteiger partial charge in [-0.3, -0.25) is 9.59 Å². The van der Waals surface area contributed by atoms with Gasteiger partial charge in [-0.1, -0.05) is 67.6 Å². The van der Waals surface area contributed by atoms with Gasteiger partial charge >= 0.3 is 0 Å². The number of anilines is 2. The van der Waals surface area contributed by atoms with Gasteiger partial charge in [0.15, 0.2) is 0 Å². The van der Waals surface area contributed by atoms with E-state index in [0.29, 0.717) is 17.2 Å². The van der Waals surface area contributed by atoms with E-state index < -0.39 is 0 Å². The molecule has 0 bridgehead atoms. The fourth-order valence-corrected chi connectivity index (χ4v) is 4.34. The molecule has 5 heteroatoms. The van der Waals surface area contributed by atoms with E-state index in [1.165, 1.54) is 6.08 Å². The summed E-state index contributed by atoms with van der Waals surface area (Å²) in [4.78, 5) is 28.3. The second kappa shape index (κ2) is 11.5. The zero-order valence-corrected chi connectivity index (χ0v) is 20.4. The van der Waals surface area contributed by atoms with E-state index >= 15 is 0 Å². The molecule has 1 atom stereocenters. The molecule has 4 rings (SSSR count). The first-order chi connectivity index (χ1) is 17.0. The van der Waals surface area contributed by atoms with Crippen LogP contribution in [0, 0.1) is 5.92 Å². The molecule has 0 aliphatic carbocycles. The average molecular weight is 468 g/mol. The van der Waals surface area contributed by atoms with Crippen molar-refractivity contribution in [1.29, 1.82) is 0 Å². The summed E-state index contributed by atoms with van der Waals surface area (Å²) in [5, 5.41) is 6.04. The van der Waals surface area contributed by atoms with Crippen molar-refractivity contribution in [2.75, 3.05) is 23.3 Å². The Labute approximate surface area is 207 Å². The van der Waals surface area contributed by atoms with Gasteiger partial charge in [0.2, 0.25) is 5.91 Å². The average Bonchev–Trinajstić information content (AvgIpc) is 2.89. The maximum atomic E-state index is 13.4. The Morgan fingerprint density at radius 2 is 1.60 bits per heavy atom. The fraction of sp³-hybridized carbons (Fsp3) is 0.267. The first kappa shape index (κ1) is 24.3. The van der Waals surface area contributed by atoms with Crippen molar-refractivity contribution in [3.63, 3.8) is 0 Å². The van der Waals surface area contributed by atoms with Gasteiger partial charge in [0.1, 0.15) is 0 Å². The fourth-order valence-electron chi connectivity index (χ4n) is 4.34. The summed E-state index contributed by atoms with van der Waals surface area (Å²) in [6.07, 6.45) is 5.48. The molecule has 1 aliphatic heterocycles. The lowest BCUT2D eigenvalue weighted by atomic mass is 9.97. The summed E-state index contributed by atoms with van der Waals surface area (Å²) in [5.74, 6) is 0.305. The molecule has 35 heavy (non-hydrogen) atoms. The van der Waals surface area contributed by atoms with Crippen LogP contribution in [0.25, 0.3) is 6.08 Å². The van der Waals surface area contributed by atoms with Crippen LogP contribution >= 0.6 is 0 Å². The molecule has 3 aromatic rings. The Morgan fingerprint density at radius 1 is 0.943 bits per heavy atom. The van der Waals surface area contributed by atoms with Gasteiger partial charge in [-0.2, -0.15) is 0 Å². The number of hydrogen-bond acceptors (Lipinski definition) is 3. The molecule has 3 aromatic carbocycles. The third-order valence-corrected chi connectivity index (χ3v) is 6.51. The Morgan fingerprint density at radius 3 is 2.29 bits per heavy atom. The number of nitrogens with one attached hydrogen (secondary N) is 2. The Balaban J connectivity index is 1.55. The minimum Gasteiger partial charge on any atom is -0.371 e. The number of carbonyl (C=O) groups excluding carboxylic acids is 2. The van der Waals surface area contributed by atoms with Crippen molar-refractivity contribution in [3.8, 4) is 0 Å². The Hall–Kier alpha value is -3.86. The third kappa shape index (κ3) is 6.60. The van der Waals surface area contributed by atoms with E-state index in [-0.39, 0.29) is 17.9 Å². The van der Waals surface area contributed by atoms with Crippen molar-refractivity contribution < 1.29 is 9.59 Å². The van der Waals surface area contributed by atoms with E-state index in [0.717, 1.165) is 42.7 Å². The molecule has 0 saturated carbocycles. The molecule has 5 nitrogen and oxygen atoms in total. The standard InChI is InChI=1S/C30H33N3O2/c1-22-17-19-33(20-18-22)28-15-14-26(32-29(34)16-13-24-9-5-3-6-10-24)21-27(28)30(35)31-23(2)25-11-7-4-8-12-25/h3-16,21-23H,17-20H2,1-2H3,(H,31,35)(H,32,34)/b16-13+. The summed E-state index contributed by atoms with van der Waals surface area (Å²) < 4.78 is 0. The maximum absolute atomic E-state index is 13.4. The molecule has 0 radical (unpaired) electrons. The van der Waals surface area contributed by atoms with Crippen LogP contribution in [-0.2, 0) is 4.79 Å². The minimum absolute atomic E-state index is 0.134. The van der Waals surface area contributed by atoms with Gasteiger partial charge in [-0.15, -0.1) is 0 Å². The predicted molar refractivity (Wildman–Crippen MR) is 143 cm³/mol. The molecule has 1 unspecified atom stereocenters. The van der Waals surface area contributed by atoms with Crippen LogP contribution in [0.4, 0.5) is 11.4 Å². The van der Waals surface area contributed by atoms with E-state index in [1.54, 1.807) is 12.1 Å². The number of nitrogens with zero attached hydrogens (tertiary/aromatic N) is 1. The van der Waals surface area contributed by atoms with Crippen molar-refractivity contribution >= 4 is 29.3 Å². The molecule has 1 saturated heterocycles. The second-order valence-electron chi connectivity index (χ2n) is 9.24. The Bertz CT molecular complexity index is 1170. The number of rotatable bonds is 7. The number of carbonyl (C=O) groups is 2. The normalized spacial score (nSPS) is 15.1. The first-order valence-corrected chi connectivity index (χ1v) is 12.3. The molecule has 1 heterocycles. The maximum Gasteiger partial charge on any atom is 0.253 e. The van der Waals surface area contributed by atoms with Crippen LogP contribution < -0.4 is 15.5 Å². The first-order valence-electron chi connectivity index (χ1n) is 12.3. The van der Waals surface area contributed by atoms with Crippen molar-refractivity contribution in [3.05, 3.63) is 102 Å². The van der Waals surface area contributed by atoms with E-state index in [9.17, 15) is 9.59 Å². The predicted octanol–water partition coefficient (Wildman–Crippen LogP) is 6.07. The summed E-state index contributed by atoms with van der Waals surface area (Å²) in [6.45, 7) is 6.09. The second-order valence-corrected chi connectivity index (χ2v) is 9.24. The zero-order valence-electron chi connectivity index (χ0n) is 20.4. The van der Waals surface area contributed by atoms with E-state index in [2.05, 4.69) is 22.5 Å². The topological polar surface area (TPSA) is 61.4 Å². The molecule has 0 spiro atoms. The van der Waals surface area contributed by atoms with E-state index in [1.807, 2.05) is 79.7 Å². The van der Waals surface area contributed by atoms with Gasteiger partial charge < -0.3 is 15.5 Å². The Kier molecular flexibility index (Phi) is 7.99. The highest BCUT2D eigenvalue weighted by Crippen LogP contribution is 2.29. The van der Waals surface area contributed by atoms with Crippen molar-refractivity contribution in [2.45, 2.75) is 32.7 Å². The molecule has 0 aromatic heterocycles. The largest absolute Gasteiger partial charge is 0.371 e. The van der Waals surface area contributed by atoms with Crippen LogP contribution in [-0.4, -0.2) is 24.9 Å². The summed E-state index contributed by atoms with van der Waals surface area (Å²) in [5.41, 5.74) is 4.08. The van der Waals surface area contributed by atoms with Crippen LogP contribution in [0.5, 0.6) is 0 Å². The monoisotopic (exact) mass is 467 g/mol. The lowest BCUT2D eigenvalue weighted by Crippen LogP contribution is -2.35. The van der Waals surface area contributed by atoms with Gasteiger partial charge in [-0.25, -0.2) is 0 Å². The summed E-state index contributed by atoms with van der Waals surface area (Å²) >= 11 is 0. The van der Waals surface area contributed by atoms with Crippen molar-refractivity contribution in [2.24, 2.45) is 5.92 Å². The number of benzene rings is 3. The molecule has 1 aliphatic rings. The molecule has 2 N–H and O–H groups in total. The summed E-state index contributed by atoms with van der Waals surface area (Å²) in [7, 11) is 0. The number of piperidine rings is 1. The van der Waals surface area contributed by atoms with Crippen LogP contribution in [0.15, 0.2) is 84.9 Å². The van der Waals surface area contributed by atoms with Gasteiger partial charge in [-0.05, 0) is 61.1 Å². The van der Waals surface area contributed by atoms with Crippen LogP contribution in [0.1, 0.15) is 54.2 Å². The number of hydrogen-bond donors (Lipinski definition) is 2. The van der Waals surface area contributed by atoms with Gasteiger partial charge in [0.25, 0.3) is 5.91 Å². The highest BCUT2D eigenvalue weighted by atomic mass is 16.2. The van der Waals surface area contributed by atoms with Gasteiger partial charge in [0.05, 0.1) is 11.6 Å². The van der Waals surface area contributed by atoms with Crippen LogP contribution in [0.2, 0.25) is 0 Å². The lowest BCUT2D eigenvalue weighted by Gasteiger charge is -2.33. The SMILES string of the molecule is CC1CCN(c2ccc(NC(=O)/C=C/c3ccccc3)cc2C(=O)NC(C)c2ccccc2)CC1. The molecular formula is C30H33N3O2. The van der Waals surface area contributed by atoms with Crippen LogP contribution in [0.3, 0.4) is 0 Å². The molecule has 180 valence electrons. The highest BCUT2D eigenvalue weighted by molar-refractivity contribution is 6.05.